The van der Waals surface area contributed by atoms with Gasteiger partial charge in [-0.2, -0.15) is 18.3 Å². The van der Waals surface area contributed by atoms with E-state index in [0.717, 1.165) is 18.2 Å². The molecule has 3 aromatic rings. The molecule has 142 valence electrons. The summed E-state index contributed by atoms with van der Waals surface area (Å²) in [7, 11) is 0. The molecule has 0 bridgehead atoms. The van der Waals surface area contributed by atoms with Crippen LogP contribution in [0.4, 0.5) is 17.6 Å². The first-order chi connectivity index (χ1) is 12.6. The van der Waals surface area contributed by atoms with Crippen LogP contribution in [0.15, 0.2) is 36.4 Å². The van der Waals surface area contributed by atoms with Crippen molar-refractivity contribution in [1.29, 1.82) is 0 Å². The molecule has 9 heteroatoms. The molecular formula is C18H13ClF4N2O2. The number of carboxylic acids is 1. The van der Waals surface area contributed by atoms with Crippen molar-refractivity contribution in [3.05, 3.63) is 64.1 Å². The van der Waals surface area contributed by atoms with Gasteiger partial charge in [0, 0.05) is 16.8 Å². The average molecular weight is 401 g/mol. The highest BCUT2D eigenvalue weighted by molar-refractivity contribution is 6.31. The van der Waals surface area contributed by atoms with Crippen LogP contribution in [0.25, 0.3) is 10.9 Å². The topological polar surface area (TPSA) is 55.1 Å². The lowest BCUT2D eigenvalue weighted by atomic mass is 10.1. The number of alkyl halides is 3. The number of aromatic nitrogens is 2. The normalized spacial score (nSPS) is 11.9. The van der Waals surface area contributed by atoms with E-state index in [1.165, 1.54) is 22.9 Å². The van der Waals surface area contributed by atoms with Crippen LogP contribution < -0.4 is 0 Å². The van der Waals surface area contributed by atoms with Crippen LogP contribution in [0.2, 0.25) is 5.02 Å². The lowest BCUT2D eigenvalue weighted by Gasteiger charge is -2.08. The van der Waals surface area contributed by atoms with Gasteiger partial charge in [0.05, 0.1) is 29.7 Å². The Morgan fingerprint density at radius 1 is 1.19 bits per heavy atom. The number of aryl methyl sites for hydroxylation is 1. The number of carbonyl (C=O) groups is 1. The molecule has 0 aliphatic carbocycles. The van der Waals surface area contributed by atoms with Crippen LogP contribution in [-0.2, 0) is 23.9 Å². The fourth-order valence-corrected chi connectivity index (χ4v) is 2.99. The van der Waals surface area contributed by atoms with E-state index in [1.54, 1.807) is 0 Å². The van der Waals surface area contributed by atoms with Gasteiger partial charge in [0.15, 0.2) is 0 Å². The summed E-state index contributed by atoms with van der Waals surface area (Å²) in [6, 6.07) is 7.00. The predicted molar refractivity (Wildman–Crippen MR) is 91.2 cm³/mol. The molecular weight excluding hydrogens is 388 g/mol. The van der Waals surface area contributed by atoms with Gasteiger partial charge in [0.2, 0.25) is 0 Å². The van der Waals surface area contributed by atoms with Crippen molar-refractivity contribution >= 4 is 28.5 Å². The summed E-state index contributed by atoms with van der Waals surface area (Å²) in [6.45, 7) is 0.105. The molecule has 0 unspecified atom stereocenters. The molecule has 4 nitrogen and oxygen atoms in total. The Labute approximate surface area is 156 Å². The Balaban J connectivity index is 2.07. The highest BCUT2D eigenvalue weighted by Gasteiger charge is 2.31. The predicted octanol–water partition coefficient (Wildman–Crippen LogP) is 4.91. The largest absolute Gasteiger partial charge is 0.481 e. The van der Waals surface area contributed by atoms with Gasteiger partial charge in [-0.3, -0.25) is 9.48 Å². The maximum absolute atomic E-state index is 13.2. The number of benzene rings is 2. The van der Waals surface area contributed by atoms with E-state index in [2.05, 4.69) is 5.10 Å². The van der Waals surface area contributed by atoms with Crippen LogP contribution in [0, 0.1) is 5.82 Å². The highest BCUT2D eigenvalue weighted by atomic mass is 35.5. The van der Waals surface area contributed by atoms with E-state index < -0.39 is 23.5 Å². The van der Waals surface area contributed by atoms with Crippen LogP contribution in [-0.4, -0.2) is 20.9 Å². The van der Waals surface area contributed by atoms with Crippen LogP contribution >= 0.6 is 11.6 Å². The van der Waals surface area contributed by atoms with Gasteiger partial charge in [0.1, 0.15) is 5.82 Å². The summed E-state index contributed by atoms with van der Waals surface area (Å²) in [5.74, 6) is -1.59. The maximum atomic E-state index is 13.2. The number of hydrogen-bond acceptors (Lipinski definition) is 2. The molecule has 3 rings (SSSR count). The van der Waals surface area contributed by atoms with E-state index in [1.807, 2.05) is 0 Å². The second-order valence-corrected chi connectivity index (χ2v) is 6.37. The summed E-state index contributed by atoms with van der Waals surface area (Å²) in [5, 5.41) is 13.5. The zero-order valence-electron chi connectivity index (χ0n) is 13.7. The Morgan fingerprint density at radius 2 is 1.93 bits per heavy atom. The third-order valence-corrected chi connectivity index (χ3v) is 4.42. The third kappa shape index (κ3) is 4.21. The molecule has 0 radical (unpaired) electrons. The van der Waals surface area contributed by atoms with Crippen LogP contribution in [0.5, 0.6) is 0 Å². The van der Waals surface area contributed by atoms with Crippen LogP contribution in [0.1, 0.15) is 23.2 Å². The summed E-state index contributed by atoms with van der Waals surface area (Å²) < 4.78 is 53.7. The number of nitrogens with zero attached hydrogens (tertiary/aromatic N) is 2. The first kappa shape index (κ1) is 19.2. The molecule has 0 spiro atoms. The Morgan fingerprint density at radius 3 is 2.56 bits per heavy atom. The molecule has 0 atom stereocenters. The van der Waals surface area contributed by atoms with Crippen molar-refractivity contribution in [2.45, 2.75) is 25.6 Å². The van der Waals surface area contributed by atoms with Crippen molar-refractivity contribution in [1.82, 2.24) is 9.78 Å². The quantitative estimate of drug-likeness (QED) is 0.619. The summed E-state index contributed by atoms with van der Waals surface area (Å²) >= 11 is 6.02. The smallest absolute Gasteiger partial charge is 0.416 e. The zero-order chi connectivity index (χ0) is 19.8. The number of rotatable bonds is 5. The minimum Gasteiger partial charge on any atom is -0.481 e. The Bertz CT molecular complexity index is 1010. The minimum atomic E-state index is -4.53. The van der Waals surface area contributed by atoms with Crippen molar-refractivity contribution in [2.75, 3.05) is 0 Å². The number of hydrogen-bond donors (Lipinski definition) is 1. The first-order valence-corrected chi connectivity index (χ1v) is 8.25. The summed E-state index contributed by atoms with van der Waals surface area (Å²) in [4.78, 5) is 10.8. The van der Waals surface area contributed by atoms with Crippen molar-refractivity contribution in [2.24, 2.45) is 0 Å². The second-order valence-electron chi connectivity index (χ2n) is 5.96. The maximum Gasteiger partial charge on any atom is 0.416 e. The molecule has 0 fully saturated rings. The van der Waals surface area contributed by atoms with Crippen molar-refractivity contribution in [3.63, 3.8) is 0 Å². The van der Waals surface area contributed by atoms with E-state index >= 15 is 0 Å². The van der Waals surface area contributed by atoms with Gasteiger partial charge in [-0.05, 0) is 35.9 Å². The SMILES string of the molecule is O=C(O)CCc1nn(Cc2ccc(F)cc2Cl)c2ccc(C(F)(F)F)cc12. The van der Waals surface area contributed by atoms with E-state index in [0.29, 0.717) is 11.1 Å². The minimum absolute atomic E-state index is 0.0166. The fraction of sp³-hybridized carbons (Fsp3) is 0.222. The lowest BCUT2D eigenvalue weighted by molar-refractivity contribution is -0.138. The van der Waals surface area contributed by atoms with Gasteiger partial charge in [0.25, 0.3) is 0 Å². The molecule has 0 amide bonds. The molecule has 1 N–H and O–H groups in total. The average Bonchev–Trinajstić information content (AvgIpc) is 2.92. The van der Waals surface area contributed by atoms with Gasteiger partial charge >= 0.3 is 12.1 Å². The molecule has 1 aromatic heterocycles. The third-order valence-electron chi connectivity index (χ3n) is 4.07. The number of fused-ring (bicyclic) bond motifs is 1. The van der Waals surface area contributed by atoms with Crippen molar-refractivity contribution in [3.8, 4) is 0 Å². The van der Waals surface area contributed by atoms with Gasteiger partial charge in [-0.25, -0.2) is 4.39 Å². The summed E-state index contributed by atoms with van der Waals surface area (Å²) in [5.41, 5.74) is 0.346. The molecule has 0 saturated heterocycles. The van der Waals surface area contributed by atoms with E-state index in [9.17, 15) is 22.4 Å². The number of aliphatic carboxylic acids is 1. The molecule has 0 aliphatic rings. The number of carboxylic acid groups (broad SMARTS) is 1. The fourth-order valence-electron chi connectivity index (χ4n) is 2.76. The number of halogens is 5. The monoisotopic (exact) mass is 400 g/mol. The molecule has 1 heterocycles. The van der Waals surface area contributed by atoms with Gasteiger partial charge < -0.3 is 5.11 Å². The summed E-state index contributed by atoms with van der Waals surface area (Å²) in [6.07, 6.45) is -4.81. The van der Waals surface area contributed by atoms with E-state index in [4.69, 9.17) is 16.7 Å². The van der Waals surface area contributed by atoms with Crippen molar-refractivity contribution < 1.29 is 27.5 Å². The first-order valence-electron chi connectivity index (χ1n) is 7.87. The van der Waals surface area contributed by atoms with E-state index in [-0.39, 0.29) is 35.5 Å². The molecule has 27 heavy (non-hydrogen) atoms. The standard InChI is InChI=1S/C18H13ClF4N2O2/c19-14-8-12(20)3-1-10(14)9-25-16-5-2-11(18(21,22)23)7-13(16)15(24-25)4-6-17(26)27/h1-3,5,7-8H,4,6,9H2,(H,26,27). The zero-order valence-corrected chi connectivity index (χ0v) is 14.5. The molecule has 0 aliphatic heterocycles. The molecule has 2 aromatic carbocycles. The van der Waals surface area contributed by atoms with Gasteiger partial charge in [-0.15, -0.1) is 0 Å². The highest BCUT2D eigenvalue weighted by Crippen LogP contribution is 2.33. The second kappa shape index (κ2) is 7.19. The lowest BCUT2D eigenvalue weighted by Crippen LogP contribution is -2.05. The van der Waals surface area contributed by atoms with Gasteiger partial charge in [-0.1, -0.05) is 17.7 Å². The molecule has 0 saturated carbocycles. The Hall–Kier alpha value is -2.61. The Kier molecular flexibility index (Phi) is 5.10. The van der Waals surface area contributed by atoms with Crippen LogP contribution in [0.3, 0.4) is 0 Å².